The minimum Gasteiger partial charge on any atom is -0.481 e. The lowest BCUT2D eigenvalue weighted by Crippen LogP contribution is -2.26. The molecule has 0 aliphatic heterocycles. The van der Waals surface area contributed by atoms with Gasteiger partial charge in [0.1, 0.15) is 0 Å². The molecule has 0 spiro atoms. The molecule has 4 nitrogen and oxygen atoms in total. The molecule has 104 valence electrons. The molecule has 1 aromatic rings. The highest BCUT2D eigenvalue weighted by Gasteiger charge is 2.11. The molecule has 0 bridgehead atoms. The zero-order valence-corrected chi connectivity index (χ0v) is 10.5. The molecule has 19 heavy (non-hydrogen) atoms. The largest absolute Gasteiger partial charge is 0.481 e. The van der Waals surface area contributed by atoms with E-state index in [0.29, 0.717) is 5.56 Å². The van der Waals surface area contributed by atoms with Crippen molar-refractivity contribution in [2.24, 2.45) is 0 Å². The number of amides is 1. The summed E-state index contributed by atoms with van der Waals surface area (Å²) in [5.74, 6) is -3.06. The van der Waals surface area contributed by atoms with Crippen molar-refractivity contribution in [1.82, 2.24) is 4.90 Å². The van der Waals surface area contributed by atoms with E-state index >= 15 is 0 Å². The normalized spacial score (nSPS) is 10.3. The van der Waals surface area contributed by atoms with E-state index in [1.54, 1.807) is 0 Å². The third-order valence-electron chi connectivity index (χ3n) is 2.61. The van der Waals surface area contributed by atoms with Gasteiger partial charge in [0.05, 0.1) is 0 Å². The lowest BCUT2D eigenvalue weighted by Gasteiger charge is -2.17. The van der Waals surface area contributed by atoms with Crippen LogP contribution in [-0.2, 0) is 16.1 Å². The molecule has 0 radical (unpaired) electrons. The number of hydrogen-bond acceptors (Lipinski definition) is 2. The summed E-state index contributed by atoms with van der Waals surface area (Å²) in [7, 11) is 1.53. The summed E-state index contributed by atoms with van der Waals surface area (Å²) in [5.41, 5.74) is 0.480. The molecule has 0 atom stereocenters. The molecule has 6 heteroatoms. The number of nitrogens with zero attached hydrogens (tertiary/aromatic N) is 1. The van der Waals surface area contributed by atoms with Crippen molar-refractivity contribution in [1.29, 1.82) is 0 Å². The number of benzene rings is 1. The van der Waals surface area contributed by atoms with Gasteiger partial charge in [-0.25, -0.2) is 8.78 Å². The molecule has 0 aliphatic rings. The highest BCUT2D eigenvalue weighted by Crippen LogP contribution is 2.11. The topological polar surface area (TPSA) is 57.6 Å². The zero-order valence-electron chi connectivity index (χ0n) is 10.5. The van der Waals surface area contributed by atoms with Gasteiger partial charge >= 0.3 is 5.97 Å². The number of aliphatic carboxylic acids is 1. The lowest BCUT2D eigenvalue weighted by molar-refractivity contribution is -0.137. The van der Waals surface area contributed by atoms with Gasteiger partial charge in [0.25, 0.3) is 0 Å². The van der Waals surface area contributed by atoms with E-state index in [4.69, 9.17) is 5.11 Å². The smallest absolute Gasteiger partial charge is 0.303 e. The molecule has 0 aromatic heterocycles. The highest BCUT2D eigenvalue weighted by molar-refractivity contribution is 5.76. The summed E-state index contributed by atoms with van der Waals surface area (Å²) in [6, 6.07) is 3.45. The molecular weight excluding hydrogens is 256 g/mol. The maximum atomic E-state index is 13.0. The second-order valence-electron chi connectivity index (χ2n) is 4.25. The molecule has 1 N–H and O–H groups in total. The Kier molecular flexibility index (Phi) is 5.41. The molecular formula is C13H15F2NO3. The van der Waals surface area contributed by atoms with Gasteiger partial charge in [0, 0.05) is 26.4 Å². The summed E-state index contributed by atoms with van der Waals surface area (Å²) < 4.78 is 25.7. The van der Waals surface area contributed by atoms with Gasteiger partial charge in [0.15, 0.2) is 11.6 Å². The third kappa shape index (κ3) is 5.03. The van der Waals surface area contributed by atoms with Crippen LogP contribution in [0.4, 0.5) is 8.78 Å². The minimum absolute atomic E-state index is 0.0647. The number of carbonyl (C=O) groups excluding carboxylic acids is 1. The van der Waals surface area contributed by atoms with Gasteiger partial charge in [-0.05, 0) is 24.1 Å². The Morgan fingerprint density at radius 1 is 1.21 bits per heavy atom. The average molecular weight is 271 g/mol. The molecule has 0 saturated carbocycles. The highest BCUT2D eigenvalue weighted by atomic mass is 19.2. The van der Waals surface area contributed by atoms with Gasteiger partial charge in [-0.2, -0.15) is 0 Å². The summed E-state index contributed by atoms with van der Waals surface area (Å²) in [6.45, 7) is 0.156. The van der Waals surface area contributed by atoms with Gasteiger partial charge in [-0.3, -0.25) is 9.59 Å². The van der Waals surface area contributed by atoms with Crippen LogP contribution in [0.5, 0.6) is 0 Å². The van der Waals surface area contributed by atoms with E-state index in [1.807, 2.05) is 0 Å². The van der Waals surface area contributed by atoms with Gasteiger partial charge in [0.2, 0.25) is 5.91 Å². The van der Waals surface area contributed by atoms with E-state index in [-0.39, 0.29) is 31.7 Å². The van der Waals surface area contributed by atoms with Crippen molar-refractivity contribution in [3.05, 3.63) is 35.4 Å². The third-order valence-corrected chi connectivity index (χ3v) is 2.61. The van der Waals surface area contributed by atoms with Gasteiger partial charge in [-0.15, -0.1) is 0 Å². The predicted molar refractivity (Wildman–Crippen MR) is 64.3 cm³/mol. The van der Waals surface area contributed by atoms with Crippen LogP contribution in [-0.4, -0.2) is 28.9 Å². The Labute approximate surface area is 109 Å². The molecule has 1 amide bonds. The zero-order chi connectivity index (χ0) is 14.4. The van der Waals surface area contributed by atoms with Gasteiger partial charge < -0.3 is 10.0 Å². The van der Waals surface area contributed by atoms with Crippen molar-refractivity contribution >= 4 is 11.9 Å². The maximum Gasteiger partial charge on any atom is 0.303 e. The van der Waals surface area contributed by atoms with Crippen LogP contribution in [0.2, 0.25) is 0 Å². The van der Waals surface area contributed by atoms with Crippen LogP contribution >= 0.6 is 0 Å². The Hall–Kier alpha value is -1.98. The SMILES string of the molecule is CN(Cc1ccc(F)c(F)c1)C(=O)CCCC(=O)O. The standard InChI is InChI=1S/C13H15F2NO3/c1-16(12(17)3-2-4-13(18)19)8-9-5-6-10(14)11(15)7-9/h5-7H,2-4,8H2,1H3,(H,18,19). The van der Waals surface area contributed by atoms with Crippen molar-refractivity contribution in [3.8, 4) is 0 Å². The van der Waals surface area contributed by atoms with Crippen LogP contribution in [0, 0.1) is 11.6 Å². The Bertz CT molecular complexity index is 477. The second kappa shape index (κ2) is 6.82. The molecule has 0 heterocycles. The first-order valence-corrected chi connectivity index (χ1v) is 5.80. The molecule has 0 unspecified atom stereocenters. The van der Waals surface area contributed by atoms with E-state index in [2.05, 4.69) is 0 Å². The van der Waals surface area contributed by atoms with E-state index < -0.39 is 17.6 Å². The number of halogens is 2. The number of hydrogen-bond donors (Lipinski definition) is 1. The molecule has 1 aromatic carbocycles. The molecule has 0 aliphatic carbocycles. The van der Waals surface area contributed by atoms with Crippen LogP contribution < -0.4 is 0 Å². The van der Waals surface area contributed by atoms with Crippen LogP contribution in [0.15, 0.2) is 18.2 Å². The molecule has 1 rings (SSSR count). The summed E-state index contributed by atoms with van der Waals surface area (Å²) in [4.78, 5) is 23.3. The first kappa shape index (κ1) is 15.1. The van der Waals surface area contributed by atoms with Crippen molar-refractivity contribution in [3.63, 3.8) is 0 Å². The fraction of sp³-hybridized carbons (Fsp3) is 0.385. The predicted octanol–water partition coefficient (Wildman–Crippen LogP) is 2.18. The maximum absolute atomic E-state index is 13.0. The minimum atomic E-state index is -0.954. The van der Waals surface area contributed by atoms with Crippen molar-refractivity contribution < 1.29 is 23.5 Å². The van der Waals surface area contributed by atoms with Gasteiger partial charge in [-0.1, -0.05) is 6.07 Å². The average Bonchev–Trinajstić information content (AvgIpc) is 2.33. The van der Waals surface area contributed by atoms with Crippen molar-refractivity contribution in [2.75, 3.05) is 7.05 Å². The number of carboxylic acid groups (broad SMARTS) is 1. The van der Waals surface area contributed by atoms with E-state index in [0.717, 1.165) is 12.1 Å². The second-order valence-corrected chi connectivity index (χ2v) is 4.25. The van der Waals surface area contributed by atoms with Crippen LogP contribution in [0.1, 0.15) is 24.8 Å². The monoisotopic (exact) mass is 271 g/mol. The fourth-order valence-corrected chi connectivity index (χ4v) is 1.58. The Morgan fingerprint density at radius 2 is 1.89 bits per heavy atom. The quantitative estimate of drug-likeness (QED) is 0.862. The first-order chi connectivity index (χ1) is 8.90. The number of carboxylic acids is 1. The summed E-state index contributed by atoms with van der Waals surface area (Å²) >= 11 is 0. The number of rotatable bonds is 6. The fourth-order valence-electron chi connectivity index (χ4n) is 1.58. The van der Waals surface area contributed by atoms with E-state index in [1.165, 1.54) is 18.0 Å². The van der Waals surface area contributed by atoms with Crippen LogP contribution in [0.3, 0.4) is 0 Å². The molecule has 0 fully saturated rings. The molecule has 0 saturated heterocycles. The lowest BCUT2D eigenvalue weighted by atomic mass is 10.2. The van der Waals surface area contributed by atoms with E-state index in [9.17, 15) is 18.4 Å². The van der Waals surface area contributed by atoms with Crippen LogP contribution in [0.25, 0.3) is 0 Å². The Balaban J connectivity index is 2.49. The number of carbonyl (C=O) groups is 2. The van der Waals surface area contributed by atoms with Crippen molar-refractivity contribution in [2.45, 2.75) is 25.8 Å². The summed E-state index contributed by atoms with van der Waals surface area (Å²) in [5, 5.41) is 8.45. The first-order valence-electron chi connectivity index (χ1n) is 5.80. The summed E-state index contributed by atoms with van der Waals surface area (Å²) in [6.07, 6.45) is 0.313. The Morgan fingerprint density at radius 3 is 2.47 bits per heavy atom.